The number of ketones is 1. The first-order chi connectivity index (χ1) is 12.9. The first-order valence-corrected chi connectivity index (χ1v) is 9.61. The topological polar surface area (TPSA) is 119 Å². The molecule has 2 aromatic heterocycles. The summed E-state index contributed by atoms with van der Waals surface area (Å²) in [4.78, 5) is 23.8. The smallest absolute Gasteiger partial charge is 0.243 e. The molecule has 10 heteroatoms. The van der Waals surface area contributed by atoms with Crippen LogP contribution in [0.25, 0.3) is 11.6 Å². The Bertz CT molecular complexity index is 1070. The molecule has 4 rings (SSSR count). The number of carbonyl (C=O) groups excluding carboxylic acids is 1. The molecule has 0 saturated carbocycles. The van der Waals surface area contributed by atoms with Crippen molar-refractivity contribution in [3.8, 4) is 11.6 Å². The van der Waals surface area contributed by atoms with E-state index in [4.69, 9.17) is 4.52 Å². The molecule has 3 aromatic rings. The van der Waals surface area contributed by atoms with E-state index in [0.29, 0.717) is 17.3 Å². The summed E-state index contributed by atoms with van der Waals surface area (Å²) in [7, 11) is -3.62. The van der Waals surface area contributed by atoms with Crippen molar-refractivity contribution in [2.45, 2.75) is 17.7 Å². The lowest BCUT2D eigenvalue weighted by Gasteiger charge is -2.35. The minimum Gasteiger partial charge on any atom is -0.338 e. The van der Waals surface area contributed by atoms with Crippen molar-refractivity contribution in [1.29, 1.82) is 0 Å². The van der Waals surface area contributed by atoms with Crippen molar-refractivity contribution in [2.24, 2.45) is 0 Å². The van der Waals surface area contributed by atoms with E-state index >= 15 is 0 Å². The second-order valence-electron chi connectivity index (χ2n) is 6.13. The minimum absolute atomic E-state index is 0.113. The number of benzene rings is 1. The summed E-state index contributed by atoms with van der Waals surface area (Å²) in [6.07, 6.45) is 3.15. The molecule has 0 N–H and O–H groups in total. The summed E-state index contributed by atoms with van der Waals surface area (Å²) < 4.78 is 31.9. The number of hydrogen-bond donors (Lipinski definition) is 0. The second-order valence-corrected chi connectivity index (χ2v) is 8.07. The van der Waals surface area contributed by atoms with Crippen molar-refractivity contribution in [3.63, 3.8) is 0 Å². The molecule has 1 saturated heterocycles. The van der Waals surface area contributed by atoms with Gasteiger partial charge in [-0.15, -0.1) is 0 Å². The number of sulfonamides is 1. The van der Waals surface area contributed by atoms with Gasteiger partial charge in [-0.2, -0.15) is 9.29 Å². The fourth-order valence-corrected chi connectivity index (χ4v) is 4.24. The van der Waals surface area contributed by atoms with Crippen LogP contribution >= 0.6 is 0 Å². The van der Waals surface area contributed by atoms with Crippen LogP contribution in [0, 0.1) is 0 Å². The largest absolute Gasteiger partial charge is 0.338 e. The van der Waals surface area contributed by atoms with Gasteiger partial charge in [-0.25, -0.2) is 18.4 Å². The summed E-state index contributed by atoms with van der Waals surface area (Å²) in [5.41, 5.74) is 0.469. The third-order valence-electron chi connectivity index (χ3n) is 4.30. The monoisotopic (exact) mass is 385 g/mol. The molecule has 0 amide bonds. The molecule has 1 fully saturated rings. The van der Waals surface area contributed by atoms with Crippen LogP contribution in [0.3, 0.4) is 0 Å². The van der Waals surface area contributed by atoms with E-state index in [9.17, 15) is 13.2 Å². The zero-order valence-electron chi connectivity index (χ0n) is 14.3. The molecule has 138 valence electrons. The van der Waals surface area contributed by atoms with Gasteiger partial charge in [0.25, 0.3) is 0 Å². The number of nitrogens with zero attached hydrogens (tertiary/aromatic N) is 5. The normalized spacial score (nSPS) is 15.4. The van der Waals surface area contributed by atoms with Gasteiger partial charge in [0.1, 0.15) is 0 Å². The van der Waals surface area contributed by atoms with E-state index in [-0.39, 0.29) is 35.5 Å². The van der Waals surface area contributed by atoms with Gasteiger partial charge < -0.3 is 4.52 Å². The number of carbonyl (C=O) groups is 1. The highest BCUT2D eigenvalue weighted by atomic mass is 32.2. The highest BCUT2D eigenvalue weighted by Crippen LogP contribution is 2.31. The fourth-order valence-electron chi connectivity index (χ4n) is 2.71. The van der Waals surface area contributed by atoms with Gasteiger partial charge in [-0.3, -0.25) is 4.79 Å². The first-order valence-electron chi connectivity index (χ1n) is 8.17. The van der Waals surface area contributed by atoms with E-state index in [1.165, 1.54) is 35.5 Å². The van der Waals surface area contributed by atoms with Gasteiger partial charge in [0.15, 0.2) is 5.78 Å². The zero-order valence-corrected chi connectivity index (χ0v) is 15.1. The van der Waals surface area contributed by atoms with E-state index in [1.54, 1.807) is 18.5 Å². The van der Waals surface area contributed by atoms with Gasteiger partial charge in [-0.1, -0.05) is 17.3 Å². The van der Waals surface area contributed by atoms with E-state index in [1.807, 2.05) is 0 Å². The maximum absolute atomic E-state index is 12.7. The third kappa shape index (κ3) is 3.24. The first kappa shape index (κ1) is 17.4. The molecule has 9 nitrogen and oxygen atoms in total. The van der Waals surface area contributed by atoms with E-state index < -0.39 is 10.0 Å². The predicted octanol–water partition coefficient (Wildman–Crippen LogP) is 1.52. The molecule has 1 aromatic carbocycles. The number of hydrogen-bond acceptors (Lipinski definition) is 8. The van der Waals surface area contributed by atoms with Crippen LogP contribution in [0.15, 0.2) is 52.1 Å². The molecule has 0 spiro atoms. The molecule has 0 atom stereocenters. The van der Waals surface area contributed by atoms with Crippen LogP contribution in [-0.4, -0.2) is 51.7 Å². The molecular weight excluding hydrogens is 370 g/mol. The summed E-state index contributed by atoms with van der Waals surface area (Å²) in [6, 6.07) is 7.59. The number of rotatable bonds is 5. The molecule has 27 heavy (non-hydrogen) atoms. The standard InChI is InChI=1S/C17H15N5O4S/c1-11(23)12-3-5-14(6-4-12)27(24,25)22-9-13(10-22)17-20-16(21-26-17)15-18-7-2-8-19-15/h2-8,13H,9-10H2,1H3. The van der Waals surface area contributed by atoms with Crippen molar-refractivity contribution in [3.05, 3.63) is 54.2 Å². The van der Waals surface area contributed by atoms with Crippen molar-refractivity contribution >= 4 is 15.8 Å². The Balaban J connectivity index is 1.46. The lowest BCUT2D eigenvalue weighted by Crippen LogP contribution is -2.48. The van der Waals surface area contributed by atoms with Gasteiger partial charge in [0.05, 0.1) is 10.8 Å². The SMILES string of the molecule is CC(=O)c1ccc(S(=O)(=O)N2CC(c3nc(-c4ncccn4)no3)C2)cc1. The van der Waals surface area contributed by atoms with Crippen LogP contribution in [0.2, 0.25) is 0 Å². The molecular formula is C17H15N5O4S. The van der Waals surface area contributed by atoms with Gasteiger partial charge >= 0.3 is 0 Å². The van der Waals surface area contributed by atoms with Crippen LogP contribution in [0.4, 0.5) is 0 Å². The molecule has 0 bridgehead atoms. The van der Waals surface area contributed by atoms with Crippen molar-refractivity contribution < 1.29 is 17.7 Å². The highest BCUT2D eigenvalue weighted by Gasteiger charge is 2.40. The Kier molecular flexibility index (Phi) is 4.28. The summed E-state index contributed by atoms with van der Waals surface area (Å²) in [5, 5.41) is 3.85. The number of Topliss-reactive ketones (excluding diaryl/α,β-unsaturated/α-hetero) is 1. The summed E-state index contributed by atoms with van der Waals surface area (Å²) in [6.45, 7) is 1.92. The number of aromatic nitrogens is 4. The van der Waals surface area contributed by atoms with Gasteiger partial charge in [-0.05, 0) is 25.1 Å². The predicted molar refractivity (Wildman–Crippen MR) is 93.3 cm³/mol. The van der Waals surface area contributed by atoms with Gasteiger partial charge in [0, 0.05) is 31.0 Å². The van der Waals surface area contributed by atoms with Crippen LogP contribution in [0.1, 0.15) is 29.1 Å². The minimum atomic E-state index is -3.62. The Morgan fingerprint density at radius 3 is 2.41 bits per heavy atom. The Morgan fingerprint density at radius 1 is 1.11 bits per heavy atom. The average molecular weight is 385 g/mol. The average Bonchev–Trinajstić information content (AvgIpc) is 3.10. The van der Waals surface area contributed by atoms with Gasteiger partial charge in [0.2, 0.25) is 27.6 Å². The Morgan fingerprint density at radius 2 is 1.78 bits per heavy atom. The molecule has 1 aliphatic heterocycles. The zero-order chi connectivity index (χ0) is 19.0. The molecule has 0 aliphatic carbocycles. The summed E-state index contributed by atoms with van der Waals surface area (Å²) in [5.74, 6) is 0.684. The quantitative estimate of drug-likeness (QED) is 0.606. The molecule has 3 heterocycles. The van der Waals surface area contributed by atoms with Crippen molar-refractivity contribution in [1.82, 2.24) is 24.4 Å². The molecule has 0 unspecified atom stereocenters. The van der Waals surface area contributed by atoms with E-state index in [2.05, 4.69) is 20.1 Å². The highest BCUT2D eigenvalue weighted by molar-refractivity contribution is 7.89. The second kappa shape index (κ2) is 6.63. The maximum Gasteiger partial charge on any atom is 0.243 e. The fraction of sp³-hybridized carbons (Fsp3) is 0.235. The van der Waals surface area contributed by atoms with Crippen LogP contribution in [-0.2, 0) is 10.0 Å². The van der Waals surface area contributed by atoms with Crippen LogP contribution in [0.5, 0.6) is 0 Å². The summed E-state index contributed by atoms with van der Waals surface area (Å²) >= 11 is 0. The Hall–Kier alpha value is -2.98. The lowest BCUT2D eigenvalue weighted by molar-refractivity contribution is 0.101. The van der Waals surface area contributed by atoms with E-state index in [0.717, 1.165) is 0 Å². The maximum atomic E-state index is 12.7. The van der Waals surface area contributed by atoms with Crippen molar-refractivity contribution in [2.75, 3.05) is 13.1 Å². The lowest BCUT2D eigenvalue weighted by atomic mass is 10.0. The third-order valence-corrected chi connectivity index (χ3v) is 6.15. The molecule has 0 radical (unpaired) electrons. The Labute approximate surface area is 155 Å². The van der Waals surface area contributed by atoms with Crippen LogP contribution < -0.4 is 0 Å². The molecule has 1 aliphatic rings.